The second-order valence-electron chi connectivity index (χ2n) is 6.29. The van der Waals surface area contributed by atoms with Gasteiger partial charge in [-0.05, 0) is 36.4 Å². The number of nitrogens with two attached hydrogens (primary N) is 1. The Morgan fingerprint density at radius 2 is 2.19 bits per heavy atom. The fourth-order valence-electron chi connectivity index (χ4n) is 2.86. The molecule has 0 aliphatic carbocycles. The summed E-state index contributed by atoms with van der Waals surface area (Å²) in [5.74, 6) is 1.85. The van der Waals surface area contributed by atoms with Crippen LogP contribution in [-0.2, 0) is 11.2 Å². The van der Waals surface area contributed by atoms with E-state index in [1.807, 2.05) is 18.2 Å². The monoisotopic (exact) mass is 290 g/mol. The molecule has 116 valence electrons. The summed E-state index contributed by atoms with van der Waals surface area (Å²) in [5.41, 5.74) is 6.96. The topological polar surface area (TPSA) is 64.4 Å². The minimum Gasteiger partial charge on any atom is -0.488 e. The van der Waals surface area contributed by atoms with Crippen LogP contribution >= 0.6 is 0 Å². The number of carbonyl (C=O) groups excluding carboxylic acids is 1. The van der Waals surface area contributed by atoms with Crippen LogP contribution in [0.25, 0.3) is 0 Å². The number of carbonyl (C=O) groups is 1. The summed E-state index contributed by atoms with van der Waals surface area (Å²) in [7, 11) is 0. The zero-order valence-corrected chi connectivity index (χ0v) is 13.0. The molecule has 0 saturated heterocycles. The molecule has 0 radical (unpaired) electrons. The number of hydrogen-bond acceptors (Lipinski definition) is 3. The van der Waals surface area contributed by atoms with Crippen molar-refractivity contribution in [3.05, 3.63) is 29.8 Å². The van der Waals surface area contributed by atoms with Gasteiger partial charge in [-0.15, -0.1) is 0 Å². The Balaban J connectivity index is 1.73. The Morgan fingerprint density at radius 3 is 2.86 bits per heavy atom. The third-order valence-electron chi connectivity index (χ3n) is 3.85. The number of fused-ring (bicyclic) bond motifs is 1. The Hall–Kier alpha value is -1.55. The Labute approximate surface area is 127 Å². The fraction of sp³-hybridized carbons (Fsp3) is 0.588. The van der Waals surface area contributed by atoms with Gasteiger partial charge in [0.2, 0.25) is 5.91 Å². The van der Waals surface area contributed by atoms with E-state index in [2.05, 4.69) is 25.2 Å². The van der Waals surface area contributed by atoms with Crippen LogP contribution in [0.5, 0.6) is 5.75 Å². The second-order valence-corrected chi connectivity index (χ2v) is 6.29. The van der Waals surface area contributed by atoms with Crippen molar-refractivity contribution < 1.29 is 9.53 Å². The molecule has 1 amide bonds. The summed E-state index contributed by atoms with van der Waals surface area (Å²) in [6.45, 7) is 5.44. The van der Waals surface area contributed by atoms with E-state index in [4.69, 9.17) is 10.5 Å². The molecule has 0 bridgehead atoms. The first-order valence-corrected chi connectivity index (χ1v) is 7.79. The summed E-state index contributed by atoms with van der Waals surface area (Å²) < 4.78 is 5.81. The minimum absolute atomic E-state index is 0.0489. The van der Waals surface area contributed by atoms with Gasteiger partial charge in [0.25, 0.3) is 0 Å². The molecule has 4 nitrogen and oxygen atoms in total. The largest absolute Gasteiger partial charge is 0.488 e. The van der Waals surface area contributed by atoms with Crippen LogP contribution in [0.2, 0.25) is 0 Å². The third-order valence-corrected chi connectivity index (χ3v) is 3.85. The predicted molar refractivity (Wildman–Crippen MR) is 84.2 cm³/mol. The van der Waals surface area contributed by atoms with Crippen LogP contribution < -0.4 is 15.8 Å². The third kappa shape index (κ3) is 4.74. The van der Waals surface area contributed by atoms with Crippen LogP contribution in [0.4, 0.5) is 0 Å². The van der Waals surface area contributed by atoms with Gasteiger partial charge in [-0.2, -0.15) is 0 Å². The lowest BCUT2D eigenvalue weighted by Crippen LogP contribution is -2.36. The molecule has 0 aromatic heterocycles. The van der Waals surface area contributed by atoms with Crippen LogP contribution in [0.3, 0.4) is 0 Å². The Bertz CT molecular complexity index is 449. The van der Waals surface area contributed by atoms with Crippen molar-refractivity contribution in [2.24, 2.45) is 17.6 Å². The first-order chi connectivity index (χ1) is 10.1. The van der Waals surface area contributed by atoms with Crippen molar-refractivity contribution in [3.8, 4) is 5.75 Å². The maximum Gasteiger partial charge on any atom is 0.220 e. The van der Waals surface area contributed by atoms with Gasteiger partial charge < -0.3 is 15.8 Å². The molecule has 2 atom stereocenters. The number of rotatable bonds is 7. The number of benzene rings is 1. The van der Waals surface area contributed by atoms with Gasteiger partial charge in [-0.3, -0.25) is 4.79 Å². The molecular formula is C17H26N2O2. The average molecular weight is 290 g/mol. The van der Waals surface area contributed by atoms with E-state index in [-0.39, 0.29) is 17.9 Å². The quantitative estimate of drug-likeness (QED) is 0.808. The van der Waals surface area contributed by atoms with Crippen molar-refractivity contribution >= 4 is 5.91 Å². The van der Waals surface area contributed by atoms with Crippen LogP contribution in [0.1, 0.15) is 32.3 Å². The molecular weight excluding hydrogens is 264 g/mol. The number of ether oxygens (including phenoxy) is 1. The van der Waals surface area contributed by atoms with Gasteiger partial charge >= 0.3 is 0 Å². The maximum atomic E-state index is 12.0. The number of nitrogens with one attached hydrogen (secondary N) is 1. The van der Waals surface area contributed by atoms with Gasteiger partial charge in [0.1, 0.15) is 11.9 Å². The molecule has 3 N–H and O–H groups in total. The Kier molecular flexibility index (Phi) is 5.62. The molecule has 2 unspecified atom stereocenters. The lowest BCUT2D eigenvalue weighted by molar-refractivity contribution is -0.122. The van der Waals surface area contributed by atoms with E-state index < -0.39 is 0 Å². The molecule has 4 heteroatoms. The highest BCUT2D eigenvalue weighted by molar-refractivity contribution is 5.76. The normalized spacial score (nSPS) is 18.2. The molecule has 21 heavy (non-hydrogen) atoms. The molecule has 2 rings (SSSR count). The summed E-state index contributed by atoms with van der Waals surface area (Å²) in [5, 5.41) is 2.98. The van der Waals surface area contributed by atoms with E-state index in [1.54, 1.807) is 0 Å². The first kappa shape index (κ1) is 15.8. The average Bonchev–Trinajstić information content (AvgIpc) is 2.86. The smallest absolute Gasteiger partial charge is 0.220 e. The van der Waals surface area contributed by atoms with E-state index in [0.29, 0.717) is 25.4 Å². The molecule has 1 aliphatic rings. The first-order valence-electron chi connectivity index (χ1n) is 7.79. The van der Waals surface area contributed by atoms with E-state index in [0.717, 1.165) is 18.6 Å². The maximum absolute atomic E-state index is 12.0. The van der Waals surface area contributed by atoms with Crippen molar-refractivity contribution in [2.75, 3.05) is 13.1 Å². The molecule has 1 aromatic rings. The summed E-state index contributed by atoms with van der Waals surface area (Å²) in [6, 6.07) is 8.03. The molecule has 1 aliphatic heterocycles. The van der Waals surface area contributed by atoms with Gasteiger partial charge in [0, 0.05) is 12.8 Å². The number of hydrogen-bond donors (Lipinski definition) is 2. The molecule has 0 fully saturated rings. The summed E-state index contributed by atoms with van der Waals surface area (Å²) >= 11 is 0. The minimum atomic E-state index is 0.0489. The molecule has 1 aromatic carbocycles. The highest BCUT2D eigenvalue weighted by Gasteiger charge is 2.23. The SMILES string of the molecule is CC(C)CC(CN)CC(=O)NCC1Cc2ccccc2O1. The summed E-state index contributed by atoms with van der Waals surface area (Å²) in [6.07, 6.45) is 2.42. The number of amides is 1. The van der Waals surface area contributed by atoms with Gasteiger partial charge in [0.15, 0.2) is 0 Å². The van der Waals surface area contributed by atoms with Crippen molar-refractivity contribution in [1.29, 1.82) is 0 Å². The van der Waals surface area contributed by atoms with Gasteiger partial charge in [-0.25, -0.2) is 0 Å². The van der Waals surface area contributed by atoms with Gasteiger partial charge in [0.05, 0.1) is 6.54 Å². The van der Waals surface area contributed by atoms with E-state index >= 15 is 0 Å². The molecule has 0 spiro atoms. The van der Waals surface area contributed by atoms with Crippen LogP contribution in [-0.4, -0.2) is 25.1 Å². The summed E-state index contributed by atoms with van der Waals surface area (Å²) in [4.78, 5) is 12.0. The fourth-order valence-corrected chi connectivity index (χ4v) is 2.86. The van der Waals surface area contributed by atoms with E-state index in [9.17, 15) is 4.79 Å². The Morgan fingerprint density at radius 1 is 1.43 bits per heavy atom. The lowest BCUT2D eigenvalue weighted by Gasteiger charge is -2.17. The van der Waals surface area contributed by atoms with Crippen LogP contribution in [0.15, 0.2) is 24.3 Å². The number of para-hydroxylation sites is 1. The van der Waals surface area contributed by atoms with Gasteiger partial charge in [-0.1, -0.05) is 32.0 Å². The standard InChI is InChI=1S/C17H26N2O2/c1-12(2)7-13(10-18)8-17(20)19-11-15-9-14-5-3-4-6-16(14)21-15/h3-6,12-13,15H,7-11,18H2,1-2H3,(H,19,20). The lowest BCUT2D eigenvalue weighted by atomic mass is 9.94. The zero-order valence-electron chi connectivity index (χ0n) is 13.0. The van der Waals surface area contributed by atoms with Crippen molar-refractivity contribution in [1.82, 2.24) is 5.32 Å². The van der Waals surface area contributed by atoms with Crippen molar-refractivity contribution in [2.45, 2.75) is 39.2 Å². The van der Waals surface area contributed by atoms with Crippen LogP contribution in [0, 0.1) is 11.8 Å². The van der Waals surface area contributed by atoms with E-state index in [1.165, 1.54) is 5.56 Å². The predicted octanol–water partition coefficient (Wildman–Crippen LogP) is 2.12. The zero-order chi connectivity index (χ0) is 15.2. The molecule has 1 heterocycles. The highest BCUT2D eigenvalue weighted by Crippen LogP contribution is 2.27. The molecule has 0 saturated carbocycles. The van der Waals surface area contributed by atoms with Crippen molar-refractivity contribution in [3.63, 3.8) is 0 Å². The highest BCUT2D eigenvalue weighted by atomic mass is 16.5. The second kappa shape index (κ2) is 7.46.